The summed E-state index contributed by atoms with van der Waals surface area (Å²) in [5.41, 5.74) is 0.989. The monoisotopic (exact) mass is 188 g/mol. The van der Waals surface area contributed by atoms with Crippen LogP contribution >= 0.6 is 11.6 Å². The fourth-order valence-corrected chi connectivity index (χ4v) is 1.12. The molecular weight excluding hydrogens is 179 g/mol. The van der Waals surface area contributed by atoms with Crippen LogP contribution in [0.5, 0.6) is 0 Å². The van der Waals surface area contributed by atoms with Gasteiger partial charge in [-0.1, -0.05) is 17.7 Å². The third-order valence-corrected chi connectivity index (χ3v) is 1.87. The molecule has 0 spiro atoms. The lowest BCUT2D eigenvalue weighted by Crippen LogP contribution is -1.94. The highest BCUT2D eigenvalue weighted by Gasteiger charge is 1.99. The molecule has 0 aromatic heterocycles. The Morgan fingerprint density at radius 3 is 2.83 bits per heavy atom. The van der Waals surface area contributed by atoms with Gasteiger partial charge in [0.1, 0.15) is 5.82 Å². The fraction of sp³-hybridized carbons (Fsp3) is 0.333. The molecule has 0 radical (unpaired) electrons. The van der Waals surface area contributed by atoms with Crippen molar-refractivity contribution < 1.29 is 9.13 Å². The second-order valence-corrected chi connectivity index (χ2v) is 2.90. The van der Waals surface area contributed by atoms with Crippen molar-refractivity contribution in [3.05, 3.63) is 34.6 Å². The van der Waals surface area contributed by atoms with E-state index in [2.05, 4.69) is 0 Å². The summed E-state index contributed by atoms with van der Waals surface area (Å²) in [7, 11) is 1.63. The highest BCUT2D eigenvalue weighted by atomic mass is 35.5. The van der Waals surface area contributed by atoms with Crippen LogP contribution in [0.25, 0.3) is 0 Å². The molecule has 0 saturated carbocycles. The predicted molar refractivity (Wildman–Crippen MR) is 47.0 cm³/mol. The van der Waals surface area contributed by atoms with Crippen LogP contribution in [0.2, 0.25) is 5.02 Å². The highest BCUT2D eigenvalue weighted by Crippen LogP contribution is 2.16. The Morgan fingerprint density at radius 1 is 1.50 bits per heavy atom. The zero-order valence-corrected chi connectivity index (χ0v) is 7.57. The number of methoxy groups -OCH3 is 1. The van der Waals surface area contributed by atoms with Crippen molar-refractivity contribution in [2.45, 2.75) is 6.42 Å². The van der Waals surface area contributed by atoms with E-state index in [-0.39, 0.29) is 10.8 Å². The highest BCUT2D eigenvalue weighted by molar-refractivity contribution is 6.30. The topological polar surface area (TPSA) is 9.23 Å². The van der Waals surface area contributed by atoms with Gasteiger partial charge in [0.05, 0.1) is 11.6 Å². The van der Waals surface area contributed by atoms with Gasteiger partial charge in [-0.2, -0.15) is 0 Å². The average molecular weight is 189 g/mol. The minimum atomic E-state index is -0.377. The minimum absolute atomic E-state index is 0.170. The fourth-order valence-electron chi connectivity index (χ4n) is 0.915. The molecule has 0 aliphatic carbocycles. The van der Waals surface area contributed by atoms with Crippen molar-refractivity contribution in [1.29, 1.82) is 0 Å². The number of rotatable bonds is 3. The number of ether oxygens (including phenoxy) is 1. The minimum Gasteiger partial charge on any atom is -0.384 e. The van der Waals surface area contributed by atoms with Crippen molar-refractivity contribution in [3.8, 4) is 0 Å². The Hall–Kier alpha value is -0.600. The smallest absolute Gasteiger partial charge is 0.141 e. The Kier molecular flexibility index (Phi) is 3.50. The summed E-state index contributed by atoms with van der Waals surface area (Å²) in [6, 6.07) is 4.70. The molecule has 0 unspecified atom stereocenters. The SMILES string of the molecule is COCCc1ccc(F)c(Cl)c1. The van der Waals surface area contributed by atoms with E-state index < -0.39 is 0 Å². The summed E-state index contributed by atoms with van der Waals surface area (Å²) in [6.07, 6.45) is 0.760. The van der Waals surface area contributed by atoms with E-state index in [1.54, 1.807) is 19.2 Å². The molecule has 1 aromatic carbocycles. The molecule has 66 valence electrons. The van der Waals surface area contributed by atoms with Gasteiger partial charge < -0.3 is 4.74 Å². The van der Waals surface area contributed by atoms with Crippen LogP contribution in [-0.2, 0) is 11.2 Å². The average Bonchev–Trinajstić information content (AvgIpc) is 2.07. The van der Waals surface area contributed by atoms with Gasteiger partial charge in [-0.15, -0.1) is 0 Å². The first kappa shape index (κ1) is 9.49. The molecule has 0 amide bonds. The van der Waals surface area contributed by atoms with Crippen LogP contribution in [-0.4, -0.2) is 13.7 Å². The molecule has 0 atom stereocenters. The van der Waals surface area contributed by atoms with Crippen LogP contribution in [0.4, 0.5) is 4.39 Å². The first-order valence-electron chi connectivity index (χ1n) is 3.67. The molecule has 1 nitrogen and oxygen atoms in total. The summed E-state index contributed by atoms with van der Waals surface area (Å²) in [5.74, 6) is -0.377. The maximum absolute atomic E-state index is 12.7. The van der Waals surface area contributed by atoms with E-state index >= 15 is 0 Å². The lowest BCUT2D eigenvalue weighted by molar-refractivity contribution is 0.202. The van der Waals surface area contributed by atoms with Crippen molar-refractivity contribution in [2.75, 3.05) is 13.7 Å². The van der Waals surface area contributed by atoms with Gasteiger partial charge in [0.2, 0.25) is 0 Å². The van der Waals surface area contributed by atoms with Crippen LogP contribution in [0, 0.1) is 5.82 Å². The van der Waals surface area contributed by atoms with E-state index in [0.717, 1.165) is 12.0 Å². The maximum atomic E-state index is 12.7. The molecule has 3 heteroatoms. The van der Waals surface area contributed by atoms with Crippen molar-refractivity contribution in [3.63, 3.8) is 0 Å². The summed E-state index contributed by atoms with van der Waals surface area (Å²) in [6.45, 7) is 0.627. The van der Waals surface area contributed by atoms with Crippen LogP contribution in [0.1, 0.15) is 5.56 Å². The second-order valence-electron chi connectivity index (χ2n) is 2.49. The number of hydrogen-bond acceptors (Lipinski definition) is 1. The molecule has 1 rings (SSSR count). The van der Waals surface area contributed by atoms with Gasteiger partial charge in [-0.3, -0.25) is 0 Å². The van der Waals surface area contributed by atoms with E-state index in [9.17, 15) is 4.39 Å². The van der Waals surface area contributed by atoms with Gasteiger partial charge in [0, 0.05) is 7.11 Å². The second kappa shape index (κ2) is 4.43. The standard InChI is InChI=1S/C9H10ClFO/c1-12-5-4-7-2-3-9(11)8(10)6-7/h2-3,6H,4-5H2,1H3. The van der Waals surface area contributed by atoms with Crippen LogP contribution < -0.4 is 0 Å². The van der Waals surface area contributed by atoms with Gasteiger partial charge in [-0.25, -0.2) is 4.39 Å². The van der Waals surface area contributed by atoms with Gasteiger partial charge in [0.25, 0.3) is 0 Å². The predicted octanol–water partition coefficient (Wildman–Crippen LogP) is 2.67. The summed E-state index contributed by atoms with van der Waals surface area (Å²) in [5, 5.41) is 0.170. The molecule has 0 aliphatic heterocycles. The van der Waals surface area contributed by atoms with E-state index in [4.69, 9.17) is 16.3 Å². The molecule has 0 heterocycles. The number of halogens is 2. The number of hydrogen-bond donors (Lipinski definition) is 0. The van der Waals surface area contributed by atoms with Gasteiger partial charge in [-0.05, 0) is 24.1 Å². The molecule has 0 aliphatic rings. The quantitative estimate of drug-likeness (QED) is 0.709. The van der Waals surface area contributed by atoms with Gasteiger partial charge in [0.15, 0.2) is 0 Å². The Morgan fingerprint density at radius 2 is 2.25 bits per heavy atom. The van der Waals surface area contributed by atoms with E-state index in [0.29, 0.717) is 6.61 Å². The van der Waals surface area contributed by atoms with Crippen molar-refractivity contribution in [2.24, 2.45) is 0 Å². The van der Waals surface area contributed by atoms with Gasteiger partial charge >= 0.3 is 0 Å². The number of benzene rings is 1. The third-order valence-electron chi connectivity index (χ3n) is 1.58. The lowest BCUT2D eigenvalue weighted by Gasteiger charge is -2.00. The van der Waals surface area contributed by atoms with Crippen molar-refractivity contribution >= 4 is 11.6 Å². The van der Waals surface area contributed by atoms with E-state index in [1.165, 1.54) is 6.07 Å². The molecule has 1 aromatic rings. The molecule has 0 bridgehead atoms. The third kappa shape index (κ3) is 2.47. The summed E-state index contributed by atoms with van der Waals surface area (Å²) < 4.78 is 17.5. The van der Waals surface area contributed by atoms with Crippen molar-refractivity contribution in [1.82, 2.24) is 0 Å². The molecule has 12 heavy (non-hydrogen) atoms. The first-order valence-corrected chi connectivity index (χ1v) is 4.04. The summed E-state index contributed by atoms with van der Waals surface area (Å²) >= 11 is 5.58. The Labute approximate surface area is 76.1 Å². The molecule has 0 fully saturated rings. The molecular formula is C9H10ClFO. The zero-order chi connectivity index (χ0) is 8.97. The zero-order valence-electron chi connectivity index (χ0n) is 6.81. The lowest BCUT2D eigenvalue weighted by atomic mass is 10.2. The first-order chi connectivity index (χ1) is 5.74. The molecule has 0 N–H and O–H groups in total. The summed E-state index contributed by atoms with van der Waals surface area (Å²) in [4.78, 5) is 0. The largest absolute Gasteiger partial charge is 0.384 e. The Bertz CT molecular complexity index is 263. The normalized spacial score (nSPS) is 10.2. The Balaban J connectivity index is 2.69. The molecule has 0 saturated heterocycles. The van der Waals surface area contributed by atoms with E-state index in [1.807, 2.05) is 0 Å². The van der Waals surface area contributed by atoms with Crippen LogP contribution in [0.15, 0.2) is 18.2 Å². The maximum Gasteiger partial charge on any atom is 0.141 e. The van der Waals surface area contributed by atoms with Crippen LogP contribution in [0.3, 0.4) is 0 Å².